The fourth-order valence-electron chi connectivity index (χ4n) is 3.40. The van der Waals surface area contributed by atoms with Crippen molar-refractivity contribution < 1.29 is 4.74 Å². The van der Waals surface area contributed by atoms with Gasteiger partial charge in [0, 0.05) is 5.56 Å². The quantitative estimate of drug-likeness (QED) is 0.318. The second kappa shape index (κ2) is 8.13. The molecular weight excluding hydrogens is 521 g/mol. The van der Waals surface area contributed by atoms with E-state index in [1.165, 1.54) is 11.3 Å². The molecule has 0 unspecified atom stereocenters. The van der Waals surface area contributed by atoms with Gasteiger partial charge in [0.25, 0.3) is 5.56 Å². The summed E-state index contributed by atoms with van der Waals surface area (Å²) in [6, 6.07) is 23.0. The molecule has 0 saturated carbocycles. The molecule has 2 heterocycles. The number of benzene rings is 3. The lowest BCUT2D eigenvalue weighted by Crippen LogP contribution is -2.22. The lowest BCUT2D eigenvalue weighted by molar-refractivity contribution is 0.303. The highest BCUT2D eigenvalue weighted by atomic mass is 127. The molecule has 31 heavy (non-hydrogen) atoms. The summed E-state index contributed by atoms with van der Waals surface area (Å²) in [6.45, 7) is 0.322. The van der Waals surface area contributed by atoms with Crippen molar-refractivity contribution in [2.75, 3.05) is 0 Å². The minimum absolute atomic E-state index is 0.0582. The minimum Gasteiger partial charge on any atom is -0.488 e. The molecule has 5 nitrogen and oxygen atoms in total. The van der Waals surface area contributed by atoms with E-state index in [1.807, 2.05) is 66.7 Å². The Bertz CT molecular complexity index is 1600. The summed E-state index contributed by atoms with van der Waals surface area (Å²) in [5.74, 6) is 0.736. The van der Waals surface area contributed by atoms with Crippen molar-refractivity contribution in [3.63, 3.8) is 0 Å². The third-order valence-electron chi connectivity index (χ3n) is 4.92. The van der Waals surface area contributed by atoms with Gasteiger partial charge in [-0.1, -0.05) is 47.7 Å². The summed E-state index contributed by atoms with van der Waals surface area (Å²) in [4.78, 5) is 18.2. The molecular formula is C24H14IN3O2S. The predicted molar refractivity (Wildman–Crippen MR) is 130 cm³/mol. The molecule has 7 heteroatoms. The first-order valence-corrected chi connectivity index (χ1v) is 11.4. The van der Waals surface area contributed by atoms with Gasteiger partial charge in [0.1, 0.15) is 12.4 Å². The Balaban J connectivity index is 1.45. The van der Waals surface area contributed by atoms with Crippen LogP contribution in [-0.4, -0.2) is 9.38 Å². The third-order valence-corrected chi connectivity index (χ3v) is 6.73. The molecule has 0 spiro atoms. The first kappa shape index (κ1) is 19.7. The van der Waals surface area contributed by atoms with E-state index >= 15 is 0 Å². The Morgan fingerprint density at radius 3 is 2.77 bits per heavy atom. The smallest absolute Gasteiger partial charge is 0.274 e. The van der Waals surface area contributed by atoms with E-state index in [0.717, 1.165) is 31.5 Å². The molecule has 2 aromatic heterocycles. The number of para-hydroxylation sites is 2. The molecule has 0 radical (unpaired) electrons. The first-order chi connectivity index (χ1) is 15.1. The van der Waals surface area contributed by atoms with Crippen molar-refractivity contribution in [2.24, 2.45) is 0 Å². The SMILES string of the molecule is N#Cc1ccccc1COc1ccc(/C=c2/sc3nc4ccccc4n3c2=O)cc1I. The number of aromatic nitrogens is 2. The Hall–Kier alpha value is -3.22. The van der Waals surface area contributed by atoms with Crippen LogP contribution in [0.15, 0.2) is 71.5 Å². The number of fused-ring (bicyclic) bond motifs is 3. The van der Waals surface area contributed by atoms with E-state index in [9.17, 15) is 10.1 Å². The van der Waals surface area contributed by atoms with E-state index in [1.54, 1.807) is 10.5 Å². The van der Waals surface area contributed by atoms with Crippen LogP contribution in [-0.2, 0) is 6.61 Å². The van der Waals surface area contributed by atoms with Crippen molar-refractivity contribution in [2.45, 2.75) is 6.61 Å². The van der Waals surface area contributed by atoms with E-state index in [0.29, 0.717) is 21.7 Å². The molecule has 0 bridgehead atoms. The largest absolute Gasteiger partial charge is 0.488 e. The van der Waals surface area contributed by atoms with Gasteiger partial charge in [0.2, 0.25) is 0 Å². The molecule has 0 amide bonds. The van der Waals surface area contributed by atoms with Gasteiger partial charge in [0.05, 0.1) is 30.8 Å². The summed E-state index contributed by atoms with van der Waals surface area (Å²) in [7, 11) is 0. The number of thiazole rings is 1. The van der Waals surface area contributed by atoms with Gasteiger partial charge >= 0.3 is 0 Å². The van der Waals surface area contributed by atoms with E-state index in [-0.39, 0.29) is 5.56 Å². The van der Waals surface area contributed by atoms with Crippen LogP contribution in [0.2, 0.25) is 0 Å². The average Bonchev–Trinajstić information content (AvgIpc) is 3.29. The zero-order chi connectivity index (χ0) is 21.4. The van der Waals surface area contributed by atoms with Gasteiger partial charge in [-0.25, -0.2) is 9.38 Å². The third kappa shape index (κ3) is 3.69. The van der Waals surface area contributed by atoms with Crippen LogP contribution in [0.4, 0.5) is 0 Å². The monoisotopic (exact) mass is 535 g/mol. The number of nitrogens with zero attached hydrogens (tertiary/aromatic N) is 3. The van der Waals surface area contributed by atoms with Gasteiger partial charge in [-0.05, 0) is 64.6 Å². The maximum absolute atomic E-state index is 12.9. The second-order valence-corrected chi connectivity index (χ2v) is 9.05. The second-order valence-electron chi connectivity index (χ2n) is 6.88. The topological polar surface area (TPSA) is 67.4 Å². The lowest BCUT2D eigenvalue weighted by atomic mass is 10.1. The zero-order valence-electron chi connectivity index (χ0n) is 16.1. The Morgan fingerprint density at radius 1 is 1.13 bits per heavy atom. The fourth-order valence-corrected chi connectivity index (χ4v) is 5.08. The summed E-state index contributed by atoms with van der Waals surface area (Å²) in [5.41, 5.74) is 3.97. The number of hydrogen-bond donors (Lipinski definition) is 0. The van der Waals surface area contributed by atoms with E-state index < -0.39 is 0 Å². The highest BCUT2D eigenvalue weighted by molar-refractivity contribution is 14.1. The molecule has 0 aliphatic heterocycles. The van der Waals surface area contributed by atoms with Crippen molar-refractivity contribution in [1.82, 2.24) is 9.38 Å². The maximum atomic E-state index is 12.9. The van der Waals surface area contributed by atoms with Gasteiger partial charge in [-0.3, -0.25) is 4.79 Å². The Labute approximate surface area is 195 Å². The number of nitriles is 1. The predicted octanol–water partition coefficient (Wildman–Crippen LogP) is 4.51. The van der Waals surface area contributed by atoms with Gasteiger partial charge < -0.3 is 4.74 Å². The van der Waals surface area contributed by atoms with Crippen LogP contribution in [0.1, 0.15) is 16.7 Å². The molecule has 0 aliphatic rings. The highest BCUT2D eigenvalue weighted by Gasteiger charge is 2.11. The number of rotatable bonds is 4. The molecule has 3 aromatic carbocycles. The number of hydrogen-bond acceptors (Lipinski definition) is 5. The van der Waals surface area contributed by atoms with Gasteiger partial charge in [-0.2, -0.15) is 5.26 Å². The maximum Gasteiger partial charge on any atom is 0.274 e. The van der Waals surface area contributed by atoms with Gasteiger partial charge in [-0.15, -0.1) is 0 Å². The molecule has 0 saturated heterocycles. The molecule has 0 aliphatic carbocycles. The summed E-state index contributed by atoms with van der Waals surface area (Å²) in [5, 5.41) is 9.22. The Morgan fingerprint density at radius 2 is 1.94 bits per heavy atom. The van der Waals surface area contributed by atoms with Crippen LogP contribution < -0.4 is 14.8 Å². The highest BCUT2D eigenvalue weighted by Crippen LogP contribution is 2.24. The molecule has 5 rings (SSSR count). The van der Waals surface area contributed by atoms with Crippen LogP contribution in [0.3, 0.4) is 0 Å². The summed E-state index contributed by atoms with van der Waals surface area (Å²) < 4.78 is 9.17. The minimum atomic E-state index is -0.0582. The lowest BCUT2D eigenvalue weighted by Gasteiger charge is -2.10. The van der Waals surface area contributed by atoms with E-state index in [4.69, 9.17) is 4.74 Å². The van der Waals surface area contributed by atoms with Crippen molar-refractivity contribution in [3.05, 3.63) is 102 Å². The average molecular weight is 535 g/mol. The van der Waals surface area contributed by atoms with Gasteiger partial charge in [0.15, 0.2) is 4.96 Å². The Kier molecular flexibility index (Phi) is 5.18. The van der Waals surface area contributed by atoms with Crippen LogP contribution in [0.25, 0.3) is 22.1 Å². The summed E-state index contributed by atoms with van der Waals surface area (Å²) >= 11 is 3.61. The fraction of sp³-hybridized carbons (Fsp3) is 0.0417. The molecule has 0 fully saturated rings. The summed E-state index contributed by atoms with van der Waals surface area (Å²) in [6.07, 6.45) is 1.88. The van der Waals surface area contributed by atoms with Crippen molar-refractivity contribution in [1.29, 1.82) is 5.26 Å². The van der Waals surface area contributed by atoms with Crippen molar-refractivity contribution >= 4 is 56.0 Å². The molecule has 0 N–H and O–H groups in total. The van der Waals surface area contributed by atoms with Crippen LogP contribution >= 0.6 is 33.9 Å². The zero-order valence-corrected chi connectivity index (χ0v) is 19.1. The normalized spacial score (nSPS) is 11.8. The van der Waals surface area contributed by atoms with Crippen LogP contribution in [0, 0.1) is 14.9 Å². The molecule has 150 valence electrons. The van der Waals surface area contributed by atoms with Crippen molar-refractivity contribution in [3.8, 4) is 11.8 Å². The molecule has 5 aromatic rings. The number of ether oxygens (including phenoxy) is 1. The molecule has 0 atom stereocenters. The van der Waals surface area contributed by atoms with Crippen LogP contribution in [0.5, 0.6) is 5.75 Å². The standard InChI is InChI=1S/C24H14IN3O2S/c25-18-11-15(9-10-21(18)30-14-17-6-2-1-5-16(17)13-26)12-22-23(29)28-20-8-4-3-7-19(20)27-24(28)31-22/h1-12H,14H2/b22-12+. The number of halogens is 1. The van der Waals surface area contributed by atoms with E-state index in [2.05, 4.69) is 33.6 Å². The first-order valence-electron chi connectivity index (χ1n) is 9.46. The number of imidazole rings is 1.